The first kappa shape index (κ1) is 20.5. The fourth-order valence-corrected chi connectivity index (χ4v) is 3.06. The zero-order valence-electron chi connectivity index (χ0n) is 14.3. The molecule has 1 aliphatic rings. The van der Waals surface area contributed by atoms with Crippen molar-refractivity contribution in [2.24, 2.45) is 5.92 Å². The van der Waals surface area contributed by atoms with Crippen molar-refractivity contribution in [3.8, 4) is 0 Å². The lowest BCUT2D eigenvalue weighted by molar-refractivity contribution is -0.143. The van der Waals surface area contributed by atoms with Gasteiger partial charge in [-0.2, -0.15) is 0 Å². The van der Waals surface area contributed by atoms with E-state index in [-0.39, 0.29) is 30.3 Å². The summed E-state index contributed by atoms with van der Waals surface area (Å²) in [5, 5.41) is 12.0. The first-order valence-corrected chi connectivity index (χ1v) is 8.28. The van der Waals surface area contributed by atoms with Crippen molar-refractivity contribution < 1.29 is 14.7 Å². The van der Waals surface area contributed by atoms with E-state index in [1.165, 1.54) is 11.1 Å². The number of amides is 1. The van der Waals surface area contributed by atoms with Gasteiger partial charge in [-0.25, -0.2) is 0 Å². The maximum atomic E-state index is 12.3. The normalized spacial score (nSPS) is 16.9. The van der Waals surface area contributed by atoms with Gasteiger partial charge in [-0.15, -0.1) is 12.4 Å². The van der Waals surface area contributed by atoms with Crippen LogP contribution in [0.2, 0.25) is 0 Å². The molecule has 1 unspecified atom stereocenters. The van der Waals surface area contributed by atoms with E-state index in [1.807, 2.05) is 19.1 Å². The monoisotopic (exact) mass is 354 g/mol. The molecule has 1 saturated heterocycles. The predicted octanol–water partition coefficient (Wildman–Crippen LogP) is 2.26. The highest BCUT2D eigenvalue weighted by molar-refractivity contribution is 5.85. The minimum atomic E-state index is -0.722. The number of hydrogen-bond donors (Lipinski definition) is 2. The van der Waals surface area contributed by atoms with E-state index in [1.54, 1.807) is 0 Å². The number of nitrogens with one attached hydrogen (secondary N) is 1. The van der Waals surface area contributed by atoms with Crippen LogP contribution in [0.1, 0.15) is 30.9 Å². The molecule has 1 aromatic carbocycles. The maximum absolute atomic E-state index is 12.3. The highest BCUT2D eigenvalue weighted by Crippen LogP contribution is 2.19. The third kappa shape index (κ3) is 5.49. The Bertz CT molecular complexity index is 557. The number of halogens is 1. The summed E-state index contributed by atoms with van der Waals surface area (Å²) < 4.78 is 0. The van der Waals surface area contributed by atoms with Gasteiger partial charge in [0.15, 0.2) is 0 Å². The number of carboxylic acids is 1. The molecule has 0 aromatic heterocycles. The van der Waals surface area contributed by atoms with Crippen LogP contribution in [0.3, 0.4) is 0 Å². The number of rotatable bonds is 6. The lowest BCUT2D eigenvalue weighted by atomic mass is 9.96. The van der Waals surface area contributed by atoms with Gasteiger partial charge < -0.3 is 10.4 Å². The Hall–Kier alpha value is -1.59. The largest absolute Gasteiger partial charge is 0.481 e. The van der Waals surface area contributed by atoms with Gasteiger partial charge in [0.1, 0.15) is 0 Å². The summed E-state index contributed by atoms with van der Waals surface area (Å²) in [4.78, 5) is 25.3. The molecule has 2 N–H and O–H groups in total. The van der Waals surface area contributed by atoms with Gasteiger partial charge in [-0.3, -0.25) is 14.5 Å². The standard InChI is InChI=1S/C18H26N2O3.ClH/c1-13-5-3-4-6-15(13)7-10-19-17(21)14(2)20-11-8-16(9-12-20)18(22)23;/h3-6,14,16H,7-12H2,1-2H3,(H,19,21)(H,22,23);1H. The van der Waals surface area contributed by atoms with Crippen LogP contribution in [-0.4, -0.2) is 47.6 Å². The number of aryl methyl sites for hydroxylation is 1. The fourth-order valence-electron chi connectivity index (χ4n) is 3.06. The summed E-state index contributed by atoms with van der Waals surface area (Å²) in [5.41, 5.74) is 2.49. The number of aliphatic carboxylic acids is 1. The van der Waals surface area contributed by atoms with E-state index in [0.29, 0.717) is 32.5 Å². The third-order valence-electron chi connectivity index (χ3n) is 4.76. The topological polar surface area (TPSA) is 69.6 Å². The Morgan fingerprint density at radius 2 is 1.92 bits per heavy atom. The van der Waals surface area contributed by atoms with Crippen molar-refractivity contribution in [1.82, 2.24) is 10.2 Å². The van der Waals surface area contributed by atoms with E-state index < -0.39 is 5.97 Å². The molecule has 0 aliphatic carbocycles. The molecule has 1 atom stereocenters. The zero-order chi connectivity index (χ0) is 16.8. The minimum absolute atomic E-state index is 0. The summed E-state index contributed by atoms with van der Waals surface area (Å²) in [5.74, 6) is -0.963. The van der Waals surface area contributed by atoms with Gasteiger partial charge in [0.25, 0.3) is 0 Å². The molecule has 0 bridgehead atoms. The Balaban J connectivity index is 0.00000288. The van der Waals surface area contributed by atoms with Gasteiger partial charge in [0, 0.05) is 6.54 Å². The van der Waals surface area contributed by atoms with Crippen LogP contribution in [0.15, 0.2) is 24.3 Å². The van der Waals surface area contributed by atoms with Gasteiger partial charge in [0.2, 0.25) is 5.91 Å². The smallest absolute Gasteiger partial charge is 0.306 e. The zero-order valence-corrected chi connectivity index (χ0v) is 15.1. The average molecular weight is 355 g/mol. The molecule has 24 heavy (non-hydrogen) atoms. The molecule has 0 radical (unpaired) electrons. The van der Waals surface area contributed by atoms with Crippen LogP contribution in [-0.2, 0) is 16.0 Å². The van der Waals surface area contributed by atoms with Crippen molar-refractivity contribution in [2.45, 2.75) is 39.2 Å². The van der Waals surface area contributed by atoms with Crippen LogP contribution in [0.5, 0.6) is 0 Å². The number of carboxylic acid groups (broad SMARTS) is 1. The highest BCUT2D eigenvalue weighted by atomic mass is 35.5. The van der Waals surface area contributed by atoms with Gasteiger partial charge >= 0.3 is 5.97 Å². The maximum Gasteiger partial charge on any atom is 0.306 e. The lowest BCUT2D eigenvalue weighted by Crippen LogP contribution is -2.49. The average Bonchev–Trinajstić information content (AvgIpc) is 2.56. The third-order valence-corrected chi connectivity index (χ3v) is 4.76. The van der Waals surface area contributed by atoms with Crippen molar-refractivity contribution in [1.29, 1.82) is 0 Å². The number of piperidine rings is 1. The van der Waals surface area contributed by atoms with Crippen molar-refractivity contribution in [3.63, 3.8) is 0 Å². The molecule has 0 spiro atoms. The Kier molecular flexibility index (Phi) is 8.22. The molecular weight excluding hydrogens is 328 g/mol. The fraction of sp³-hybridized carbons (Fsp3) is 0.556. The van der Waals surface area contributed by atoms with Crippen LogP contribution >= 0.6 is 12.4 Å². The highest BCUT2D eigenvalue weighted by Gasteiger charge is 2.29. The van der Waals surface area contributed by atoms with Crippen molar-refractivity contribution in [2.75, 3.05) is 19.6 Å². The Labute approximate surface area is 149 Å². The summed E-state index contributed by atoms with van der Waals surface area (Å²) in [6.07, 6.45) is 2.07. The summed E-state index contributed by atoms with van der Waals surface area (Å²) >= 11 is 0. The van der Waals surface area contributed by atoms with E-state index in [9.17, 15) is 9.59 Å². The molecule has 0 saturated carbocycles. The number of carbonyl (C=O) groups excluding carboxylic acids is 1. The predicted molar refractivity (Wildman–Crippen MR) is 96.5 cm³/mol. The number of benzene rings is 1. The quantitative estimate of drug-likeness (QED) is 0.822. The molecule has 1 aromatic rings. The van der Waals surface area contributed by atoms with E-state index in [4.69, 9.17) is 5.11 Å². The lowest BCUT2D eigenvalue weighted by Gasteiger charge is -2.33. The molecule has 1 amide bonds. The number of nitrogens with zero attached hydrogens (tertiary/aromatic N) is 1. The van der Waals surface area contributed by atoms with Crippen LogP contribution in [0.4, 0.5) is 0 Å². The Morgan fingerprint density at radius 1 is 1.29 bits per heavy atom. The molecule has 134 valence electrons. The first-order valence-electron chi connectivity index (χ1n) is 8.28. The van der Waals surface area contributed by atoms with Crippen molar-refractivity contribution >= 4 is 24.3 Å². The van der Waals surface area contributed by atoms with Gasteiger partial charge in [-0.05, 0) is 57.3 Å². The van der Waals surface area contributed by atoms with Gasteiger partial charge in [-0.1, -0.05) is 24.3 Å². The van der Waals surface area contributed by atoms with Crippen molar-refractivity contribution in [3.05, 3.63) is 35.4 Å². The van der Waals surface area contributed by atoms with Crippen LogP contribution < -0.4 is 5.32 Å². The van der Waals surface area contributed by atoms with E-state index in [0.717, 1.165) is 6.42 Å². The Morgan fingerprint density at radius 3 is 2.50 bits per heavy atom. The summed E-state index contributed by atoms with van der Waals surface area (Å²) in [6.45, 7) is 5.93. The number of likely N-dealkylation sites (tertiary alicyclic amines) is 1. The van der Waals surface area contributed by atoms with E-state index >= 15 is 0 Å². The molecule has 1 aliphatic heterocycles. The second-order valence-corrected chi connectivity index (χ2v) is 6.29. The van der Waals surface area contributed by atoms with Crippen LogP contribution in [0.25, 0.3) is 0 Å². The SMILES string of the molecule is Cc1ccccc1CCNC(=O)C(C)N1CCC(C(=O)O)CC1.Cl. The summed E-state index contributed by atoms with van der Waals surface area (Å²) in [6, 6.07) is 7.98. The molecular formula is C18H27ClN2O3. The molecule has 1 fully saturated rings. The van der Waals surface area contributed by atoms with Gasteiger partial charge in [0.05, 0.1) is 12.0 Å². The van der Waals surface area contributed by atoms with E-state index in [2.05, 4.69) is 29.3 Å². The second kappa shape index (κ2) is 9.64. The number of hydrogen-bond acceptors (Lipinski definition) is 3. The number of carbonyl (C=O) groups is 2. The molecule has 6 heteroatoms. The molecule has 1 heterocycles. The minimum Gasteiger partial charge on any atom is -0.481 e. The molecule has 2 rings (SSSR count). The van der Waals surface area contributed by atoms with Crippen LogP contribution in [0, 0.1) is 12.8 Å². The second-order valence-electron chi connectivity index (χ2n) is 6.29. The summed E-state index contributed by atoms with van der Waals surface area (Å²) in [7, 11) is 0. The molecule has 5 nitrogen and oxygen atoms in total. The first-order chi connectivity index (χ1) is 11.0.